The Morgan fingerprint density at radius 3 is 2.64 bits per heavy atom. The van der Waals surface area contributed by atoms with Crippen LogP contribution >= 0.6 is 11.3 Å². The molecule has 0 saturated heterocycles. The van der Waals surface area contributed by atoms with Gasteiger partial charge in [-0.1, -0.05) is 0 Å². The molecule has 0 radical (unpaired) electrons. The molecule has 0 N–H and O–H groups in total. The van der Waals surface area contributed by atoms with E-state index in [1.165, 1.54) is 0 Å². The smallest absolute Gasteiger partial charge is 0.195 e. The number of carbonyl (C=O) groups is 1. The number of hydrogen-bond acceptors (Lipinski definition) is 5. The number of aldehydes is 1. The summed E-state index contributed by atoms with van der Waals surface area (Å²) >= 11 is 1.57. The molecular weight excluding hydrogens is 300 g/mol. The van der Waals surface area contributed by atoms with Gasteiger partial charge in [0, 0.05) is 16.1 Å². The van der Waals surface area contributed by atoms with Gasteiger partial charge in [-0.05, 0) is 32.0 Å². The lowest BCUT2D eigenvalue weighted by molar-refractivity contribution is 0.111. The van der Waals surface area contributed by atoms with Crippen LogP contribution in [0.4, 0.5) is 0 Å². The summed E-state index contributed by atoms with van der Waals surface area (Å²) in [4.78, 5) is 18.2. The SMILES string of the molecule is COc1ccc(OC)c(-c2nc3sc(C)c(C)n3c2C=O)c1. The van der Waals surface area contributed by atoms with Crippen molar-refractivity contribution in [3.05, 3.63) is 34.5 Å². The van der Waals surface area contributed by atoms with E-state index in [0.717, 1.165) is 27.4 Å². The van der Waals surface area contributed by atoms with Crippen molar-refractivity contribution in [3.63, 3.8) is 0 Å². The maximum absolute atomic E-state index is 11.7. The highest BCUT2D eigenvalue weighted by Gasteiger charge is 2.21. The Morgan fingerprint density at radius 2 is 2.00 bits per heavy atom. The first-order valence-electron chi connectivity index (χ1n) is 6.76. The van der Waals surface area contributed by atoms with E-state index in [1.807, 2.05) is 36.4 Å². The number of aromatic nitrogens is 2. The van der Waals surface area contributed by atoms with Crippen molar-refractivity contribution < 1.29 is 14.3 Å². The molecule has 114 valence electrons. The van der Waals surface area contributed by atoms with Gasteiger partial charge < -0.3 is 9.47 Å². The Kier molecular flexibility index (Phi) is 3.62. The summed E-state index contributed by atoms with van der Waals surface area (Å²) in [7, 11) is 3.20. The summed E-state index contributed by atoms with van der Waals surface area (Å²) in [6.45, 7) is 4.01. The molecule has 0 saturated carbocycles. The second kappa shape index (κ2) is 5.46. The third-order valence-corrected chi connectivity index (χ3v) is 4.80. The predicted octanol–water partition coefficient (Wildman–Crippen LogP) is 3.51. The van der Waals surface area contributed by atoms with Crippen molar-refractivity contribution in [2.24, 2.45) is 0 Å². The Labute approximate surface area is 132 Å². The van der Waals surface area contributed by atoms with Gasteiger partial charge >= 0.3 is 0 Å². The van der Waals surface area contributed by atoms with Gasteiger partial charge in [0.25, 0.3) is 0 Å². The largest absolute Gasteiger partial charge is 0.497 e. The molecule has 0 unspecified atom stereocenters. The van der Waals surface area contributed by atoms with Crippen molar-refractivity contribution in [2.75, 3.05) is 14.2 Å². The Hall–Kier alpha value is -2.34. The zero-order valence-electron chi connectivity index (χ0n) is 12.8. The minimum absolute atomic E-state index is 0.531. The van der Waals surface area contributed by atoms with Crippen molar-refractivity contribution in [2.45, 2.75) is 13.8 Å². The molecule has 0 amide bonds. The van der Waals surface area contributed by atoms with E-state index in [0.29, 0.717) is 22.9 Å². The van der Waals surface area contributed by atoms with Crippen molar-refractivity contribution in [1.82, 2.24) is 9.38 Å². The highest BCUT2D eigenvalue weighted by molar-refractivity contribution is 7.17. The third kappa shape index (κ3) is 2.07. The van der Waals surface area contributed by atoms with Crippen LogP contribution in [0.25, 0.3) is 16.2 Å². The number of aryl methyl sites for hydroxylation is 2. The molecule has 0 aliphatic heterocycles. The molecule has 2 heterocycles. The summed E-state index contributed by atoms with van der Waals surface area (Å²) in [6, 6.07) is 5.46. The van der Waals surface area contributed by atoms with Crippen LogP contribution in [-0.4, -0.2) is 29.9 Å². The van der Waals surface area contributed by atoms with Gasteiger partial charge in [-0.15, -0.1) is 11.3 Å². The van der Waals surface area contributed by atoms with Crippen LogP contribution in [-0.2, 0) is 0 Å². The number of rotatable bonds is 4. The van der Waals surface area contributed by atoms with Gasteiger partial charge in [-0.25, -0.2) is 4.98 Å². The zero-order valence-corrected chi connectivity index (χ0v) is 13.7. The van der Waals surface area contributed by atoms with E-state index in [2.05, 4.69) is 4.98 Å². The number of fused-ring (bicyclic) bond motifs is 1. The van der Waals surface area contributed by atoms with Gasteiger partial charge in [0.15, 0.2) is 11.2 Å². The lowest BCUT2D eigenvalue weighted by Gasteiger charge is -2.09. The van der Waals surface area contributed by atoms with E-state index in [1.54, 1.807) is 25.6 Å². The molecule has 3 aromatic rings. The van der Waals surface area contributed by atoms with Gasteiger partial charge in [-0.3, -0.25) is 9.20 Å². The molecule has 0 aliphatic rings. The molecule has 3 rings (SSSR count). The van der Waals surface area contributed by atoms with Crippen LogP contribution in [0, 0.1) is 13.8 Å². The Morgan fingerprint density at radius 1 is 1.23 bits per heavy atom. The Bertz CT molecular complexity index is 864. The van der Waals surface area contributed by atoms with Crippen molar-refractivity contribution in [1.29, 1.82) is 0 Å². The molecular formula is C16H16N2O3S. The molecule has 0 atom stereocenters. The second-order valence-corrected chi connectivity index (χ2v) is 6.07. The summed E-state index contributed by atoms with van der Waals surface area (Å²) in [5, 5.41) is 0. The Balaban J connectivity index is 2.32. The fourth-order valence-electron chi connectivity index (χ4n) is 2.48. The van der Waals surface area contributed by atoms with Crippen molar-refractivity contribution in [3.8, 4) is 22.8 Å². The summed E-state index contributed by atoms with van der Waals surface area (Å²) in [5.41, 5.74) is 2.92. The van der Waals surface area contributed by atoms with Gasteiger partial charge in [-0.2, -0.15) is 0 Å². The van der Waals surface area contributed by atoms with E-state index < -0.39 is 0 Å². The van der Waals surface area contributed by atoms with Gasteiger partial charge in [0.2, 0.25) is 0 Å². The molecule has 6 heteroatoms. The summed E-state index contributed by atoms with van der Waals surface area (Å²) < 4.78 is 12.6. The second-order valence-electron chi connectivity index (χ2n) is 4.89. The molecule has 1 aromatic carbocycles. The monoisotopic (exact) mass is 316 g/mol. The maximum Gasteiger partial charge on any atom is 0.195 e. The zero-order chi connectivity index (χ0) is 15.9. The normalized spacial score (nSPS) is 10.9. The molecule has 2 aromatic heterocycles. The van der Waals surface area contributed by atoms with Crippen LogP contribution in [0.1, 0.15) is 21.1 Å². The van der Waals surface area contributed by atoms with Crippen LogP contribution < -0.4 is 9.47 Å². The number of ether oxygens (including phenoxy) is 2. The molecule has 0 aliphatic carbocycles. The highest BCUT2D eigenvalue weighted by Crippen LogP contribution is 2.36. The average molecular weight is 316 g/mol. The topological polar surface area (TPSA) is 52.8 Å². The number of nitrogens with zero attached hydrogens (tertiary/aromatic N) is 2. The van der Waals surface area contributed by atoms with Crippen molar-refractivity contribution >= 4 is 22.6 Å². The number of hydrogen-bond donors (Lipinski definition) is 0. The predicted molar refractivity (Wildman–Crippen MR) is 86.5 cm³/mol. The van der Waals surface area contributed by atoms with Crippen LogP contribution in [0.3, 0.4) is 0 Å². The molecule has 0 fully saturated rings. The van der Waals surface area contributed by atoms with Crippen LogP contribution in [0.15, 0.2) is 18.2 Å². The number of carbonyl (C=O) groups excluding carboxylic acids is 1. The van der Waals surface area contributed by atoms with Crippen LogP contribution in [0.2, 0.25) is 0 Å². The van der Waals surface area contributed by atoms with Gasteiger partial charge in [0.05, 0.1) is 14.2 Å². The number of imidazole rings is 1. The minimum atomic E-state index is 0.531. The van der Waals surface area contributed by atoms with E-state index in [9.17, 15) is 4.79 Å². The minimum Gasteiger partial charge on any atom is -0.497 e. The fourth-order valence-corrected chi connectivity index (χ4v) is 3.45. The molecule has 22 heavy (non-hydrogen) atoms. The summed E-state index contributed by atoms with van der Waals surface area (Å²) in [6.07, 6.45) is 0.841. The highest BCUT2D eigenvalue weighted by atomic mass is 32.1. The molecule has 0 spiro atoms. The van der Waals surface area contributed by atoms with E-state index in [-0.39, 0.29) is 0 Å². The number of benzene rings is 1. The molecule has 5 nitrogen and oxygen atoms in total. The maximum atomic E-state index is 11.7. The lowest BCUT2D eigenvalue weighted by atomic mass is 10.1. The number of thiazole rings is 1. The first-order chi connectivity index (χ1) is 10.6. The van der Waals surface area contributed by atoms with Crippen LogP contribution in [0.5, 0.6) is 11.5 Å². The number of methoxy groups -OCH3 is 2. The van der Waals surface area contributed by atoms with Gasteiger partial charge in [0.1, 0.15) is 22.9 Å². The van der Waals surface area contributed by atoms with E-state index >= 15 is 0 Å². The lowest BCUT2D eigenvalue weighted by Crippen LogP contribution is -1.96. The first-order valence-corrected chi connectivity index (χ1v) is 7.58. The quantitative estimate of drug-likeness (QED) is 0.691. The standard InChI is InChI=1S/C16H16N2O3S/c1-9-10(2)22-16-17-15(13(8-19)18(9)16)12-7-11(20-3)5-6-14(12)21-4/h5-8H,1-4H3. The fraction of sp³-hybridized carbons (Fsp3) is 0.250. The molecule has 0 bridgehead atoms. The summed E-state index contributed by atoms with van der Waals surface area (Å²) in [5.74, 6) is 1.35. The first kappa shape index (κ1) is 14.6. The average Bonchev–Trinajstić information content (AvgIpc) is 3.03. The van der Waals surface area contributed by atoms with E-state index in [4.69, 9.17) is 9.47 Å². The third-order valence-electron chi connectivity index (χ3n) is 3.74.